The Morgan fingerprint density at radius 1 is 1.16 bits per heavy atom. The first-order valence-electron chi connectivity index (χ1n) is 6.48. The van der Waals surface area contributed by atoms with Gasteiger partial charge in [-0.2, -0.15) is 0 Å². The summed E-state index contributed by atoms with van der Waals surface area (Å²) in [5.74, 6) is 0.236. The summed E-state index contributed by atoms with van der Waals surface area (Å²) >= 11 is 0. The molecule has 0 bridgehead atoms. The maximum atomic E-state index is 12.2. The lowest BCUT2D eigenvalue weighted by atomic mass is 9.91. The quantitative estimate of drug-likeness (QED) is 0.562. The average molecular weight is 250 g/mol. The molecule has 0 aliphatic carbocycles. The van der Waals surface area contributed by atoms with Crippen molar-refractivity contribution in [1.82, 2.24) is 0 Å². The maximum absolute atomic E-state index is 12.2. The topological polar surface area (TPSA) is 17.1 Å². The maximum Gasteiger partial charge on any atom is 0.163 e. The minimum Gasteiger partial charge on any atom is -0.294 e. The van der Waals surface area contributed by atoms with Crippen LogP contribution >= 0.6 is 0 Å². The fraction of sp³-hybridized carbons (Fsp3) is 0.167. The number of carbonyl (C=O) groups excluding carboxylic acids is 1. The molecule has 0 radical (unpaired) electrons. The van der Waals surface area contributed by atoms with Crippen molar-refractivity contribution < 1.29 is 4.79 Å². The molecule has 1 unspecified atom stereocenters. The molecule has 0 aromatic heterocycles. The molecule has 0 saturated heterocycles. The number of benzene rings is 2. The van der Waals surface area contributed by atoms with Gasteiger partial charge in [0.1, 0.15) is 0 Å². The Balaban J connectivity index is 2.16. The van der Waals surface area contributed by atoms with Gasteiger partial charge in [-0.15, -0.1) is 6.58 Å². The van der Waals surface area contributed by atoms with E-state index in [1.54, 1.807) is 0 Å². The van der Waals surface area contributed by atoms with E-state index in [9.17, 15) is 4.79 Å². The van der Waals surface area contributed by atoms with E-state index in [-0.39, 0.29) is 11.7 Å². The summed E-state index contributed by atoms with van der Waals surface area (Å²) in [7, 11) is 0. The highest BCUT2D eigenvalue weighted by Gasteiger charge is 2.14. The van der Waals surface area contributed by atoms with Crippen LogP contribution in [0.5, 0.6) is 0 Å². The van der Waals surface area contributed by atoms with E-state index in [2.05, 4.69) is 31.7 Å². The number of hydrogen-bond donors (Lipinski definition) is 0. The molecular formula is C18H18O. The molecule has 1 atom stereocenters. The van der Waals surface area contributed by atoms with Crippen molar-refractivity contribution in [2.45, 2.75) is 19.3 Å². The second-order valence-corrected chi connectivity index (χ2v) is 4.75. The number of allylic oxidation sites excluding steroid dienone is 1. The fourth-order valence-corrected chi connectivity index (χ4v) is 2.18. The lowest BCUT2D eigenvalue weighted by Crippen LogP contribution is -2.06. The van der Waals surface area contributed by atoms with Crippen molar-refractivity contribution in [2.24, 2.45) is 0 Å². The summed E-state index contributed by atoms with van der Waals surface area (Å²) in [6.07, 6.45) is 2.33. The molecule has 1 heteroatoms. The molecule has 2 aromatic rings. The molecular weight excluding hydrogens is 232 g/mol. The minimum absolute atomic E-state index is 0.0765. The van der Waals surface area contributed by atoms with Crippen molar-refractivity contribution in [1.29, 1.82) is 0 Å². The molecule has 96 valence electrons. The van der Waals surface area contributed by atoms with Crippen LogP contribution in [0.2, 0.25) is 0 Å². The Morgan fingerprint density at radius 2 is 1.89 bits per heavy atom. The highest BCUT2D eigenvalue weighted by atomic mass is 16.1. The Labute approximate surface area is 114 Å². The van der Waals surface area contributed by atoms with Gasteiger partial charge in [-0.3, -0.25) is 4.79 Å². The van der Waals surface area contributed by atoms with Crippen molar-refractivity contribution in [3.63, 3.8) is 0 Å². The zero-order valence-corrected chi connectivity index (χ0v) is 11.2. The molecule has 19 heavy (non-hydrogen) atoms. The monoisotopic (exact) mass is 250 g/mol. The lowest BCUT2D eigenvalue weighted by Gasteiger charge is -2.13. The molecule has 0 N–H and O–H groups in total. The van der Waals surface area contributed by atoms with Crippen LogP contribution in [0.3, 0.4) is 0 Å². The standard InChI is InChI=1S/C18H18O/c1-3-15(17-11-7-8-14(2)12-17)13-18(19)16-9-5-4-6-10-16/h3-12,15H,1,13H2,2H3. The van der Waals surface area contributed by atoms with Crippen LogP contribution < -0.4 is 0 Å². The third kappa shape index (κ3) is 3.41. The van der Waals surface area contributed by atoms with Crippen LogP contribution in [0.4, 0.5) is 0 Å². The predicted molar refractivity (Wildman–Crippen MR) is 79.5 cm³/mol. The minimum atomic E-state index is 0.0765. The average Bonchev–Trinajstić information content (AvgIpc) is 2.45. The zero-order chi connectivity index (χ0) is 13.7. The number of hydrogen-bond acceptors (Lipinski definition) is 1. The summed E-state index contributed by atoms with van der Waals surface area (Å²) in [5, 5.41) is 0. The Bertz CT molecular complexity index is 569. The van der Waals surface area contributed by atoms with Gasteiger partial charge in [-0.25, -0.2) is 0 Å². The smallest absolute Gasteiger partial charge is 0.163 e. The second-order valence-electron chi connectivity index (χ2n) is 4.75. The number of aryl methyl sites for hydroxylation is 1. The fourth-order valence-electron chi connectivity index (χ4n) is 2.18. The van der Waals surface area contributed by atoms with E-state index in [1.807, 2.05) is 42.5 Å². The zero-order valence-electron chi connectivity index (χ0n) is 11.2. The Morgan fingerprint density at radius 3 is 2.53 bits per heavy atom. The number of ketones is 1. The molecule has 0 aliphatic heterocycles. The first kappa shape index (κ1) is 13.3. The molecule has 2 aromatic carbocycles. The lowest BCUT2D eigenvalue weighted by molar-refractivity contribution is 0.0978. The largest absolute Gasteiger partial charge is 0.294 e. The van der Waals surface area contributed by atoms with Crippen LogP contribution in [0.1, 0.15) is 33.8 Å². The van der Waals surface area contributed by atoms with E-state index < -0.39 is 0 Å². The summed E-state index contributed by atoms with van der Waals surface area (Å²) in [6, 6.07) is 17.7. The molecule has 0 aliphatic rings. The van der Waals surface area contributed by atoms with Crippen LogP contribution in [-0.4, -0.2) is 5.78 Å². The molecule has 2 rings (SSSR count). The van der Waals surface area contributed by atoms with Crippen LogP contribution in [0.25, 0.3) is 0 Å². The van der Waals surface area contributed by atoms with E-state index >= 15 is 0 Å². The van der Waals surface area contributed by atoms with Gasteiger partial charge in [0.2, 0.25) is 0 Å². The molecule has 0 spiro atoms. The first-order chi connectivity index (χ1) is 9.20. The summed E-state index contributed by atoms with van der Waals surface area (Å²) in [4.78, 5) is 12.2. The van der Waals surface area contributed by atoms with Gasteiger partial charge in [-0.1, -0.05) is 66.2 Å². The second kappa shape index (κ2) is 6.14. The van der Waals surface area contributed by atoms with Crippen LogP contribution in [0.15, 0.2) is 67.3 Å². The van der Waals surface area contributed by atoms with Gasteiger partial charge in [0.15, 0.2) is 5.78 Å². The number of Topliss-reactive ketones (excluding diaryl/α,β-unsaturated/α-hetero) is 1. The van der Waals surface area contributed by atoms with E-state index in [1.165, 1.54) is 5.56 Å². The molecule has 0 fully saturated rings. The van der Waals surface area contributed by atoms with Crippen molar-refractivity contribution >= 4 is 5.78 Å². The van der Waals surface area contributed by atoms with Crippen molar-refractivity contribution in [3.8, 4) is 0 Å². The SMILES string of the molecule is C=CC(CC(=O)c1ccccc1)c1cccc(C)c1. The normalized spacial score (nSPS) is 11.8. The van der Waals surface area contributed by atoms with Crippen LogP contribution in [-0.2, 0) is 0 Å². The highest BCUT2D eigenvalue weighted by molar-refractivity contribution is 5.96. The van der Waals surface area contributed by atoms with Gasteiger partial charge in [0, 0.05) is 17.9 Å². The molecule has 0 amide bonds. The van der Waals surface area contributed by atoms with Gasteiger partial charge in [0.05, 0.1) is 0 Å². The van der Waals surface area contributed by atoms with Gasteiger partial charge in [0.25, 0.3) is 0 Å². The third-order valence-corrected chi connectivity index (χ3v) is 3.26. The Kier molecular flexibility index (Phi) is 4.30. The van der Waals surface area contributed by atoms with Crippen molar-refractivity contribution in [2.75, 3.05) is 0 Å². The predicted octanol–water partition coefficient (Wildman–Crippen LogP) is 4.54. The number of rotatable bonds is 5. The third-order valence-electron chi connectivity index (χ3n) is 3.26. The van der Waals surface area contributed by atoms with Gasteiger partial charge < -0.3 is 0 Å². The van der Waals surface area contributed by atoms with Crippen LogP contribution in [0, 0.1) is 6.92 Å². The molecule has 1 nitrogen and oxygen atoms in total. The summed E-state index contributed by atoms with van der Waals surface area (Å²) < 4.78 is 0. The Hall–Kier alpha value is -2.15. The molecule has 0 saturated carbocycles. The molecule has 0 heterocycles. The van der Waals surface area contributed by atoms with Crippen molar-refractivity contribution in [3.05, 3.63) is 83.9 Å². The number of carbonyl (C=O) groups is 1. The highest BCUT2D eigenvalue weighted by Crippen LogP contribution is 2.23. The van der Waals surface area contributed by atoms with Gasteiger partial charge in [-0.05, 0) is 12.5 Å². The van der Waals surface area contributed by atoms with E-state index in [0.29, 0.717) is 6.42 Å². The first-order valence-corrected chi connectivity index (χ1v) is 6.48. The summed E-state index contributed by atoms with van der Waals surface area (Å²) in [6.45, 7) is 5.92. The van der Waals surface area contributed by atoms with E-state index in [0.717, 1.165) is 11.1 Å². The van der Waals surface area contributed by atoms with E-state index in [4.69, 9.17) is 0 Å². The van der Waals surface area contributed by atoms with Gasteiger partial charge >= 0.3 is 0 Å². The summed E-state index contributed by atoms with van der Waals surface area (Å²) in [5.41, 5.74) is 3.12.